The summed E-state index contributed by atoms with van der Waals surface area (Å²) in [5.41, 5.74) is 5.77. The third kappa shape index (κ3) is 4.32. The van der Waals surface area contributed by atoms with Crippen molar-refractivity contribution in [3.63, 3.8) is 0 Å². The van der Waals surface area contributed by atoms with Crippen LogP contribution in [0.1, 0.15) is 12.0 Å². The van der Waals surface area contributed by atoms with Crippen molar-refractivity contribution in [1.82, 2.24) is 0 Å². The van der Waals surface area contributed by atoms with Gasteiger partial charge < -0.3 is 10.5 Å². The maximum Gasteiger partial charge on any atom is 0.154 e. The molecule has 0 atom stereocenters. The molecule has 4 nitrogen and oxygen atoms in total. The van der Waals surface area contributed by atoms with Gasteiger partial charge in [0, 0.05) is 25.0 Å². The number of nitrogens with two attached hydrogens (primary N) is 1. The summed E-state index contributed by atoms with van der Waals surface area (Å²) >= 11 is 0. The van der Waals surface area contributed by atoms with Crippen LogP contribution in [0.15, 0.2) is 18.2 Å². The Balaban J connectivity index is 2.76. The predicted molar refractivity (Wildman–Crippen MR) is 64.8 cm³/mol. The molecule has 96 valence electrons. The monoisotopic (exact) mass is 261 g/mol. The molecular formula is C11H16FNO3S. The number of hydrogen-bond donors (Lipinski definition) is 1. The first-order chi connectivity index (χ1) is 7.96. The lowest BCUT2D eigenvalue weighted by molar-refractivity contribution is 0.199. The molecule has 0 radical (unpaired) electrons. The van der Waals surface area contributed by atoms with Crippen molar-refractivity contribution in [2.45, 2.75) is 12.2 Å². The largest absolute Gasteiger partial charge is 0.398 e. The van der Waals surface area contributed by atoms with Crippen molar-refractivity contribution in [3.8, 4) is 0 Å². The quantitative estimate of drug-likeness (QED) is 0.620. The number of benzene rings is 1. The van der Waals surface area contributed by atoms with Crippen molar-refractivity contribution in [2.24, 2.45) is 0 Å². The van der Waals surface area contributed by atoms with Gasteiger partial charge in [0.15, 0.2) is 9.84 Å². The Hall–Kier alpha value is -1.14. The SMILES string of the molecule is COCCCS(=O)(=O)Cc1c(N)cccc1F. The highest BCUT2D eigenvalue weighted by atomic mass is 32.2. The van der Waals surface area contributed by atoms with Crippen LogP contribution in [0.4, 0.5) is 10.1 Å². The van der Waals surface area contributed by atoms with Crippen molar-refractivity contribution in [2.75, 3.05) is 25.2 Å². The van der Waals surface area contributed by atoms with Gasteiger partial charge in [-0.15, -0.1) is 0 Å². The van der Waals surface area contributed by atoms with E-state index in [-0.39, 0.29) is 22.8 Å². The van der Waals surface area contributed by atoms with E-state index in [2.05, 4.69) is 0 Å². The molecule has 0 aliphatic rings. The van der Waals surface area contributed by atoms with E-state index in [1.165, 1.54) is 25.3 Å². The number of anilines is 1. The van der Waals surface area contributed by atoms with Gasteiger partial charge in [-0.1, -0.05) is 6.07 Å². The molecule has 1 rings (SSSR count). The first-order valence-electron chi connectivity index (χ1n) is 5.18. The number of methoxy groups -OCH3 is 1. The fourth-order valence-corrected chi connectivity index (χ4v) is 2.89. The molecular weight excluding hydrogens is 245 g/mol. The summed E-state index contributed by atoms with van der Waals surface area (Å²) < 4.78 is 41.6. The van der Waals surface area contributed by atoms with E-state index < -0.39 is 15.7 Å². The molecule has 6 heteroatoms. The minimum atomic E-state index is -3.35. The van der Waals surface area contributed by atoms with Crippen LogP contribution in [0.25, 0.3) is 0 Å². The van der Waals surface area contributed by atoms with Crippen LogP contribution in [0.5, 0.6) is 0 Å². The number of sulfone groups is 1. The fourth-order valence-electron chi connectivity index (χ4n) is 1.44. The fraction of sp³-hybridized carbons (Fsp3) is 0.455. The van der Waals surface area contributed by atoms with Gasteiger partial charge in [0.05, 0.1) is 11.5 Å². The first kappa shape index (κ1) is 13.9. The predicted octanol–water partition coefficient (Wildman–Crippen LogP) is 1.36. The molecule has 1 aromatic rings. The van der Waals surface area contributed by atoms with E-state index in [9.17, 15) is 12.8 Å². The zero-order valence-electron chi connectivity index (χ0n) is 9.65. The van der Waals surface area contributed by atoms with Crippen molar-refractivity contribution in [3.05, 3.63) is 29.6 Å². The lowest BCUT2D eigenvalue weighted by Gasteiger charge is -2.08. The second-order valence-corrected chi connectivity index (χ2v) is 5.93. The standard InChI is InChI=1S/C11H16FNO3S/c1-16-6-3-7-17(14,15)8-9-10(12)4-2-5-11(9)13/h2,4-5H,3,6-8,13H2,1H3. The Bertz CT molecular complexity index is 453. The maximum absolute atomic E-state index is 13.4. The van der Waals surface area contributed by atoms with Gasteiger partial charge in [0.25, 0.3) is 0 Å². The zero-order chi connectivity index (χ0) is 12.9. The Labute approximate surface area is 101 Å². The van der Waals surface area contributed by atoms with E-state index >= 15 is 0 Å². The summed E-state index contributed by atoms with van der Waals surface area (Å²) in [6.45, 7) is 0.367. The summed E-state index contributed by atoms with van der Waals surface area (Å²) in [5.74, 6) is -0.982. The summed E-state index contributed by atoms with van der Waals surface area (Å²) in [6.07, 6.45) is 0.396. The Kier molecular flexibility index (Phi) is 4.89. The molecule has 0 aliphatic carbocycles. The molecule has 0 unspecified atom stereocenters. The van der Waals surface area contributed by atoms with Gasteiger partial charge >= 0.3 is 0 Å². The van der Waals surface area contributed by atoms with Crippen LogP contribution in [-0.2, 0) is 20.3 Å². The molecule has 0 bridgehead atoms. The van der Waals surface area contributed by atoms with Gasteiger partial charge in [-0.3, -0.25) is 0 Å². The molecule has 0 spiro atoms. The summed E-state index contributed by atoms with van der Waals surface area (Å²) in [4.78, 5) is 0. The molecule has 0 saturated carbocycles. The maximum atomic E-state index is 13.4. The Morgan fingerprint density at radius 1 is 1.41 bits per heavy atom. The van der Waals surface area contributed by atoms with E-state index in [0.717, 1.165) is 0 Å². The number of ether oxygens (including phenoxy) is 1. The Morgan fingerprint density at radius 3 is 2.71 bits per heavy atom. The second kappa shape index (κ2) is 5.97. The summed E-state index contributed by atoms with van der Waals surface area (Å²) in [5, 5.41) is 0. The normalized spacial score (nSPS) is 11.6. The highest BCUT2D eigenvalue weighted by Crippen LogP contribution is 2.19. The number of nitrogen functional groups attached to an aromatic ring is 1. The van der Waals surface area contributed by atoms with Crippen LogP contribution in [0.2, 0.25) is 0 Å². The van der Waals surface area contributed by atoms with Gasteiger partial charge in [-0.05, 0) is 18.6 Å². The van der Waals surface area contributed by atoms with Gasteiger partial charge in [-0.25, -0.2) is 12.8 Å². The molecule has 2 N–H and O–H groups in total. The number of halogens is 1. The molecule has 0 aromatic heterocycles. The average Bonchev–Trinajstić information content (AvgIpc) is 2.24. The molecule has 0 amide bonds. The van der Waals surface area contributed by atoms with E-state index in [0.29, 0.717) is 13.0 Å². The third-order valence-electron chi connectivity index (χ3n) is 2.32. The zero-order valence-corrected chi connectivity index (χ0v) is 10.5. The van der Waals surface area contributed by atoms with Gasteiger partial charge in [-0.2, -0.15) is 0 Å². The van der Waals surface area contributed by atoms with E-state index in [1.54, 1.807) is 0 Å². The van der Waals surface area contributed by atoms with Crippen molar-refractivity contribution >= 4 is 15.5 Å². The topological polar surface area (TPSA) is 69.4 Å². The van der Waals surface area contributed by atoms with Crippen LogP contribution < -0.4 is 5.73 Å². The Morgan fingerprint density at radius 2 is 2.12 bits per heavy atom. The lowest BCUT2D eigenvalue weighted by Crippen LogP contribution is -2.13. The van der Waals surface area contributed by atoms with Crippen LogP contribution in [0, 0.1) is 5.82 Å². The molecule has 0 aliphatic heterocycles. The lowest BCUT2D eigenvalue weighted by atomic mass is 10.2. The highest BCUT2D eigenvalue weighted by molar-refractivity contribution is 7.90. The van der Waals surface area contributed by atoms with Crippen molar-refractivity contribution < 1.29 is 17.5 Å². The van der Waals surface area contributed by atoms with Crippen LogP contribution in [-0.4, -0.2) is 27.9 Å². The number of hydrogen-bond acceptors (Lipinski definition) is 4. The highest BCUT2D eigenvalue weighted by Gasteiger charge is 2.16. The minimum absolute atomic E-state index is 0.0331. The molecule has 0 heterocycles. The molecule has 1 aromatic carbocycles. The summed E-state index contributed by atoms with van der Waals surface area (Å²) in [6, 6.07) is 4.14. The van der Waals surface area contributed by atoms with Gasteiger partial charge in [0.2, 0.25) is 0 Å². The first-order valence-corrected chi connectivity index (χ1v) is 7.00. The van der Waals surface area contributed by atoms with Gasteiger partial charge in [0.1, 0.15) is 5.82 Å². The summed E-state index contributed by atoms with van der Waals surface area (Å²) in [7, 11) is -1.85. The van der Waals surface area contributed by atoms with Crippen LogP contribution in [0.3, 0.4) is 0 Å². The van der Waals surface area contributed by atoms with Crippen molar-refractivity contribution in [1.29, 1.82) is 0 Å². The van der Waals surface area contributed by atoms with Crippen LogP contribution >= 0.6 is 0 Å². The van der Waals surface area contributed by atoms with E-state index in [1.807, 2.05) is 0 Å². The minimum Gasteiger partial charge on any atom is -0.398 e. The van der Waals surface area contributed by atoms with E-state index in [4.69, 9.17) is 10.5 Å². The number of rotatable bonds is 6. The molecule has 17 heavy (non-hydrogen) atoms. The molecule has 0 fully saturated rings. The molecule has 0 saturated heterocycles. The average molecular weight is 261 g/mol. The smallest absolute Gasteiger partial charge is 0.154 e. The third-order valence-corrected chi connectivity index (χ3v) is 3.96. The second-order valence-electron chi connectivity index (χ2n) is 3.75.